The topological polar surface area (TPSA) is 195 Å². The lowest BCUT2D eigenvalue weighted by molar-refractivity contribution is 0.375. The van der Waals surface area contributed by atoms with Crippen molar-refractivity contribution in [2.24, 2.45) is 0 Å². The lowest BCUT2D eigenvalue weighted by atomic mass is 10.1. The summed E-state index contributed by atoms with van der Waals surface area (Å²) in [5.41, 5.74) is -32.9. The predicted molar refractivity (Wildman–Crippen MR) is 187 cm³/mol. The van der Waals surface area contributed by atoms with Gasteiger partial charge in [0.25, 0.3) is 33.4 Å². The van der Waals surface area contributed by atoms with Crippen molar-refractivity contribution in [2.75, 3.05) is 0 Å². The molecule has 30 heteroatoms. The molecule has 0 unspecified atom stereocenters. The Morgan fingerprint density at radius 1 is 0.197 bits per heavy atom. The first kappa shape index (κ1) is 41.3. The van der Waals surface area contributed by atoms with Crippen molar-refractivity contribution in [3.63, 3.8) is 0 Å². The second-order valence-electron chi connectivity index (χ2n) is 13.4. The summed E-state index contributed by atoms with van der Waals surface area (Å²) in [6.45, 7) is 0. The van der Waals surface area contributed by atoms with E-state index in [1.807, 2.05) is 0 Å². The number of aromatic nitrogens is 9. The minimum absolute atomic E-state index is 0.634. The van der Waals surface area contributed by atoms with Gasteiger partial charge in [-0.3, -0.25) is 28.8 Å². The standard InChI is InChI=1S/C36F15N9O6/c37-1-4(40)10(46)28(11(47)5(1)41)58-31(61)22-23(32(58)62)53-17-16(52-22)18-20(56-26-24(54-18)33(63)59(35(26)65)29-12(48)6(42)2(38)7(43)13(29)49)21-19(17)55-25-27(57-21)36(66)60(34(25)64)30-14(50)8(44)3(39)9(45)15(30)51. The van der Waals surface area contributed by atoms with Gasteiger partial charge in [0.2, 0.25) is 17.5 Å². The molecule has 0 saturated heterocycles. The molecular formula is C36F15N9O6. The number of benzene rings is 4. The summed E-state index contributed by atoms with van der Waals surface area (Å²) in [5, 5.41) is 0. The van der Waals surface area contributed by atoms with Crippen LogP contribution in [0.25, 0.3) is 83.3 Å². The van der Waals surface area contributed by atoms with Gasteiger partial charge in [0, 0.05) is 0 Å². The number of fused-ring (bicyclic) bond motifs is 9. The molecule has 10 aromatic rings. The van der Waals surface area contributed by atoms with Gasteiger partial charge < -0.3 is 0 Å². The highest BCUT2D eigenvalue weighted by atomic mass is 19.2. The smallest absolute Gasteiger partial charge is 0.266 e. The molecule has 0 atom stereocenters. The summed E-state index contributed by atoms with van der Waals surface area (Å²) < 4.78 is 215. The van der Waals surface area contributed by atoms with Crippen LogP contribution >= 0.6 is 0 Å². The molecule has 0 aliphatic heterocycles. The Kier molecular flexibility index (Phi) is 8.24. The molecule has 0 aliphatic carbocycles. The zero-order valence-electron chi connectivity index (χ0n) is 30.1. The number of halogens is 15. The Hall–Kier alpha value is -8.73. The fourth-order valence-electron chi connectivity index (χ4n) is 7.08. The van der Waals surface area contributed by atoms with Crippen LogP contribution in [0.3, 0.4) is 0 Å². The van der Waals surface area contributed by atoms with Crippen LogP contribution in [0.4, 0.5) is 65.9 Å². The molecule has 6 aromatic heterocycles. The van der Waals surface area contributed by atoms with Crippen LogP contribution in [0.5, 0.6) is 0 Å². The number of hydrogen-bond donors (Lipinski definition) is 0. The van der Waals surface area contributed by atoms with Crippen LogP contribution in [0, 0.1) is 87.3 Å². The summed E-state index contributed by atoms with van der Waals surface area (Å²) in [4.78, 5) is 104. The van der Waals surface area contributed by atoms with Gasteiger partial charge in [-0.05, 0) is 0 Å². The Labute approximate surface area is 342 Å². The molecule has 0 amide bonds. The fourth-order valence-corrected chi connectivity index (χ4v) is 7.08. The number of hydrogen-bond acceptors (Lipinski definition) is 12. The third-order valence-electron chi connectivity index (χ3n) is 10.0. The van der Waals surface area contributed by atoms with Gasteiger partial charge in [-0.25, -0.2) is 109 Å². The molecule has 0 radical (unpaired) electrons. The molecule has 4 aromatic carbocycles. The third kappa shape index (κ3) is 4.85. The van der Waals surface area contributed by atoms with Crippen molar-refractivity contribution < 1.29 is 65.9 Å². The van der Waals surface area contributed by atoms with Gasteiger partial charge in [-0.2, -0.15) is 0 Å². The lowest BCUT2D eigenvalue weighted by Crippen LogP contribution is -2.27. The molecular weight excluding hydrogens is 939 g/mol. The van der Waals surface area contributed by atoms with Gasteiger partial charge in [0.05, 0.1) is 0 Å². The highest BCUT2D eigenvalue weighted by Crippen LogP contribution is 2.33. The van der Waals surface area contributed by atoms with Gasteiger partial charge >= 0.3 is 0 Å². The molecule has 10 rings (SSSR count). The van der Waals surface area contributed by atoms with E-state index in [9.17, 15) is 94.6 Å². The minimum atomic E-state index is -2.74. The molecule has 6 heterocycles. The highest BCUT2D eigenvalue weighted by molar-refractivity contribution is 6.21. The minimum Gasteiger partial charge on any atom is -0.266 e. The van der Waals surface area contributed by atoms with Crippen molar-refractivity contribution in [2.45, 2.75) is 0 Å². The normalized spacial score (nSPS) is 12.2. The predicted octanol–water partition coefficient (Wildman–Crippen LogP) is 3.91. The molecule has 0 saturated carbocycles. The fraction of sp³-hybridized carbons (Fsp3) is 0. The maximum absolute atomic E-state index is 15.0. The highest BCUT2D eigenvalue weighted by Gasteiger charge is 2.35. The van der Waals surface area contributed by atoms with Crippen LogP contribution in [0.1, 0.15) is 0 Å². The van der Waals surface area contributed by atoms with E-state index in [-0.39, 0.29) is 0 Å². The van der Waals surface area contributed by atoms with E-state index >= 15 is 0 Å². The summed E-state index contributed by atoms with van der Waals surface area (Å²) in [6.07, 6.45) is 0. The van der Waals surface area contributed by atoms with E-state index in [0.717, 1.165) is 0 Å². The average Bonchev–Trinajstić information content (AvgIpc) is 3.80. The maximum Gasteiger partial charge on any atom is 0.286 e. The maximum atomic E-state index is 15.0. The largest absolute Gasteiger partial charge is 0.286 e. The van der Waals surface area contributed by atoms with Gasteiger partial charge in [-0.1, -0.05) is 0 Å². The third-order valence-corrected chi connectivity index (χ3v) is 10.0. The first-order valence-corrected chi connectivity index (χ1v) is 17.0. The monoisotopic (exact) mass is 939 g/mol. The molecule has 330 valence electrons. The van der Waals surface area contributed by atoms with Crippen molar-refractivity contribution in [3.8, 4) is 17.1 Å². The molecule has 15 nitrogen and oxygen atoms in total. The summed E-state index contributed by atoms with van der Waals surface area (Å²) >= 11 is 0. The van der Waals surface area contributed by atoms with Crippen LogP contribution in [-0.4, -0.2) is 43.6 Å². The van der Waals surface area contributed by atoms with Crippen molar-refractivity contribution in [3.05, 3.63) is 149 Å². The Bertz CT molecular complexity index is 3670. The SMILES string of the molecule is O=c1c2nc3c4nc5c(=O)n(-c6c(F)c(F)c(F)c(F)c6F)c(=O)c5nc4c4nc5c(=O)n(-c6c(F)c(F)c(F)c(F)c6F)c(=O)c5nc4c3nc2c(=O)n1-c1c(F)c(F)c(F)c(F)c1F. The molecule has 0 spiro atoms. The number of nitrogens with zero attached hydrogens (tertiary/aromatic N) is 9. The second-order valence-corrected chi connectivity index (χ2v) is 13.4. The van der Waals surface area contributed by atoms with Crippen molar-refractivity contribution in [1.29, 1.82) is 0 Å². The second kappa shape index (κ2) is 13.2. The zero-order valence-corrected chi connectivity index (χ0v) is 30.1. The molecule has 0 N–H and O–H groups in total. The van der Waals surface area contributed by atoms with E-state index in [1.54, 1.807) is 0 Å². The molecule has 0 bridgehead atoms. The van der Waals surface area contributed by atoms with E-state index < -0.39 is 218 Å². The van der Waals surface area contributed by atoms with Gasteiger partial charge in [0.15, 0.2) is 103 Å². The summed E-state index contributed by atoms with van der Waals surface area (Å²) in [7, 11) is 0. The van der Waals surface area contributed by atoms with E-state index in [4.69, 9.17) is 0 Å². The Morgan fingerprint density at radius 3 is 0.455 bits per heavy atom. The summed E-state index contributed by atoms with van der Waals surface area (Å²) in [5.74, 6) is -40.6. The van der Waals surface area contributed by atoms with E-state index in [2.05, 4.69) is 29.9 Å². The van der Waals surface area contributed by atoms with Crippen LogP contribution < -0.4 is 33.4 Å². The van der Waals surface area contributed by atoms with Crippen molar-refractivity contribution in [1.82, 2.24) is 43.6 Å². The van der Waals surface area contributed by atoms with Gasteiger partial charge in [0.1, 0.15) is 50.2 Å². The molecule has 66 heavy (non-hydrogen) atoms. The first-order valence-electron chi connectivity index (χ1n) is 17.0. The van der Waals surface area contributed by atoms with Crippen LogP contribution in [0.15, 0.2) is 28.8 Å². The average molecular weight is 939 g/mol. The van der Waals surface area contributed by atoms with E-state index in [0.29, 0.717) is 0 Å². The Morgan fingerprint density at radius 2 is 0.318 bits per heavy atom. The summed E-state index contributed by atoms with van der Waals surface area (Å²) in [6, 6.07) is 0. The lowest BCUT2D eigenvalue weighted by Gasteiger charge is -2.07. The van der Waals surface area contributed by atoms with Crippen molar-refractivity contribution >= 4 is 66.2 Å². The molecule has 0 aliphatic rings. The zero-order chi connectivity index (χ0) is 47.8. The molecule has 0 fully saturated rings. The Balaban J connectivity index is 1.41. The van der Waals surface area contributed by atoms with Crippen LogP contribution in [0.2, 0.25) is 0 Å². The number of rotatable bonds is 3. The first-order chi connectivity index (χ1) is 31.0. The van der Waals surface area contributed by atoms with Crippen LogP contribution in [-0.2, 0) is 0 Å². The van der Waals surface area contributed by atoms with E-state index in [1.165, 1.54) is 0 Å². The quantitative estimate of drug-likeness (QED) is 0.108. The van der Waals surface area contributed by atoms with Gasteiger partial charge in [-0.15, -0.1) is 0 Å².